The van der Waals surface area contributed by atoms with Crippen LogP contribution < -0.4 is 15.4 Å². The highest BCUT2D eigenvalue weighted by Crippen LogP contribution is 2.50. The maximum Gasteiger partial charge on any atom is 0.122 e. The summed E-state index contributed by atoms with van der Waals surface area (Å²) in [6.45, 7) is 1.93. The van der Waals surface area contributed by atoms with Crippen molar-refractivity contribution in [3.8, 4) is 5.75 Å². The second-order valence-electron chi connectivity index (χ2n) is 5.93. The number of hydrogen-bond acceptors (Lipinski definition) is 3. The minimum Gasteiger partial charge on any atom is -0.493 e. The van der Waals surface area contributed by atoms with Crippen molar-refractivity contribution in [1.82, 2.24) is 10.6 Å². The van der Waals surface area contributed by atoms with E-state index in [4.69, 9.17) is 4.74 Å². The summed E-state index contributed by atoms with van der Waals surface area (Å²) in [7, 11) is 4.15. The minimum atomic E-state index is 0.386. The molecule has 0 bridgehead atoms. The van der Waals surface area contributed by atoms with E-state index in [2.05, 4.69) is 42.9 Å². The Morgan fingerprint density at radius 2 is 2.16 bits per heavy atom. The van der Waals surface area contributed by atoms with Gasteiger partial charge in [0.2, 0.25) is 0 Å². The predicted molar refractivity (Wildman–Crippen MR) is 77.7 cm³/mol. The molecule has 1 saturated carbocycles. The average Bonchev–Trinajstić information content (AvgIpc) is 2.84. The highest BCUT2D eigenvalue weighted by atomic mass is 16.5. The van der Waals surface area contributed by atoms with E-state index in [0.29, 0.717) is 11.5 Å². The molecule has 0 aromatic heterocycles. The normalized spacial score (nSPS) is 21.4. The maximum absolute atomic E-state index is 5.61. The van der Waals surface area contributed by atoms with Crippen molar-refractivity contribution in [2.75, 3.05) is 27.2 Å². The Morgan fingerprint density at radius 1 is 1.32 bits per heavy atom. The topological polar surface area (TPSA) is 33.3 Å². The van der Waals surface area contributed by atoms with Crippen LogP contribution in [-0.2, 0) is 6.42 Å². The van der Waals surface area contributed by atoms with Crippen molar-refractivity contribution >= 4 is 0 Å². The summed E-state index contributed by atoms with van der Waals surface area (Å²) in [5.41, 5.74) is 3.18. The van der Waals surface area contributed by atoms with E-state index < -0.39 is 0 Å². The molecule has 1 heterocycles. The second kappa shape index (κ2) is 5.14. The molecule has 104 valence electrons. The van der Waals surface area contributed by atoms with Gasteiger partial charge in [-0.05, 0) is 44.1 Å². The minimum absolute atomic E-state index is 0.386. The van der Waals surface area contributed by atoms with Gasteiger partial charge in [0.15, 0.2) is 0 Å². The van der Waals surface area contributed by atoms with Crippen LogP contribution in [0.5, 0.6) is 5.75 Å². The zero-order chi connectivity index (χ0) is 13.3. The molecule has 1 fully saturated rings. The largest absolute Gasteiger partial charge is 0.493 e. The van der Waals surface area contributed by atoms with Crippen LogP contribution in [0.15, 0.2) is 18.2 Å². The Morgan fingerprint density at radius 3 is 2.79 bits per heavy atom. The monoisotopic (exact) mass is 260 g/mol. The molecular formula is C16H24N2O. The summed E-state index contributed by atoms with van der Waals surface area (Å²) < 4.78 is 5.61. The SMILES string of the molecule is CNCC1(C(NC)c2ccc3c(c2)CCO3)CCC1. The van der Waals surface area contributed by atoms with E-state index >= 15 is 0 Å². The van der Waals surface area contributed by atoms with E-state index in [-0.39, 0.29) is 0 Å². The van der Waals surface area contributed by atoms with Gasteiger partial charge in [-0.2, -0.15) is 0 Å². The van der Waals surface area contributed by atoms with Crippen molar-refractivity contribution in [2.45, 2.75) is 31.7 Å². The fraction of sp³-hybridized carbons (Fsp3) is 0.625. The quantitative estimate of drug-likeness (QED) is 0.852. The van der Waals surface area contributed by atoms with Crippen LogP contribution in [0, 0.1) is 5.41 Å². The average molecular weight is 260 g/mol. The molecule has 1 atom stereocenters. The summed E-state index contributed by atoms with van der Waals surface area (Å²) in [5, 5.41) is 6.94. The summed E-state index contributed by atoms with van der Waals surface area (Å²) in [5.74, 6) is 1.08. The molecule has 0 amide bonds. The number of nitrogens with one attached hydrogen (secondary N) is 2. The highest BCUT2D eigenvalue weighted by molar-refractivity contribution is 5.41. The number of fused-ring (bicyclic) bond motifs is 1. The van der Waals surface area contributed by atoms with Crippen molar-refractivity contribution in [2.24, 2.45) is 5.41 Å². The van der Waals surface area contributed by atoms with Gasteiger partial charge in [0.25, 0.3) is 0 Å². The molecule has 3 heteroatoms. The molecule has 0 saturated heterocycles. The van der Waals surface area contributed by atoms with Crippen LogP contribution in [0.3, 0.4) is 0 Å². The van der Waals surface area contributed by atoms with Gasteiger partial charge < -0.3 is 15.4 Å². The van der Waals surface area contributed by atoms with E-state index in [0.717, 1.165) is 25.3 Å². The Labute approximate surface area is 115 Å². The molecule has 2 N–H and O–H groups in total. The van der Waals surface area contributed by atoms with Crippen molar-refractivity contribution < 1.29 is 4.74 Å². The van der Waals surface area contributed by atoms with Crippen LogP contribution in [0.25, 0.3) is 0 Å². The molecule has 1 aliphatic carbocycles. The lowest BCUT2D eigenvalue weighted by molar-refractivity contribution is 0.0788. The molecule has 3 nitrogen and oxygen atoms in total. The van der Waals surface area contributed by atoms with Crippen molar-refractivity contribution in [3.05, 3.63) is 29.3 Å². The van der Waals surface area contributed by atoms with Crippen LogP contribution in [0.2, 0.25) is 0 Å². The first kappa shape index (κ1) is 12.9. The number of hydrogen-bond donors (Lipinski definition) is 2. The summed E-state index contributed by atoms with van der Waals surface area (Å²) >= 11 is 0. The summed E-state index contributed by atoms with van der Waals surface area (Å²) in [6, 6.07) is 7.17. The van der Waals surface area contributed by atoms with Gasteiger partial charge >= 0.3 is 0 Å². The van der Waals surface area contributed by atoms with Crippen molar-refractivity contribution in [3.63, 3.8) is 0 Å². The van der Waals surface area contributed by atoms with E-state index in [1.54, 1.807) is 0 Å². The highest BCUT2D eigenvalue weighted by Gasteiger charge is 2.43. The smallest absolute Gasteiger partial charge is 0.122 e. The molecule has 3 rings (SSSR count). The number of rotatable bonds is 5. The second-order valence-corrected chi connectivity index (χ2v) is 5.93. The third-order valence-corrected chi connectivity index (χ3v) is 4.83. The first-order chi connectivity index (χ1) is 9.29. The van der Waals surface area contributed by atoms with Gasteiger partial charge in [-0.1, -0.05) is 18.6 Å². The number of ether oxygens (including phenoxy) is 1. The first-order valence-corrected chi connectivity index (χ1v) is 7.36. The Hall–Kier alpha value is -1.06. The molecular weight excluding hydrogens is 236 g/mol. The molecule has 2 aliphatic rings. The third-order valence-electron chi connectivity index (χ3n) is 4.83. The zero-order valence-electron chi connectivity index (χ0n) is 12.0. The molecule has 1 unspecified atom stereocenters. The van der Waals surface area contributed by atoms with E-state index in [1.165, 1.54) is 30.4 Å². The van der Waals surface area contributed by atoms with Gasteiger partial charge in [-0.25, -0.2) is 0 Å². The lowest BCUT2D eigenvalue weighted by atomic mass is 9.62. The summed E-state index contributed by atoms with van der Waals surface area (Å²) in [4.78, 5) is 0. The first-order valence-electron chi connectivity index (χ1n) is 7.36. The lowest BCUT2D eigenvalue weighted by Crippen LogP contribution is -2.48. The van der Waals surface area contributed by atoms with Gasteiger partial charge in [0.1, 0.15) is 5.75 Å². The van der Waals surface area contributed by atoms with Crippen LogP contribution >= 0.6 is 0 Å². The lowest BCUT2D eigenvalue weighted by Gasteiger charge is -2.48. The van der Waals surface area contributed by atoms with E-state index in [9.17, 15) is 0 Å². The van der Waals surface area contributed by atoms with Gasteiger partial charge in [0.05, 0.1) is 6.61 Å². The Kier molecular flexibility index (Phi) is 3.50. The third kappa shape index (κ3) is 2.15. The fourth-order valence-corrected chi connectivity index (χ4v) is 3.76. The van der Waals surface area contributed by atoms with Crippen molar-refractivity contribution in [1.29, 1.82) is 0 Å². The molecule has 0 spiro atoms. The molecule has 19 heavy (non-hydrogen) atoms. The molecule has 1 aromatic carbocycles. The molecule has 0 radical (unpaired) electrons. The van der Waals surface area contributed by atoms with Crippen LogP contribution in [-0.4, -0.2) is 27.2 Å². The molecule has 1 aliphatic heterocycles. The predicted octanol–water partition coefficient (Wildman–Crippen LogP) is 2.27. The fourth-order valence-electron chi connectivity index (χ4n) is 3.76. The van der Waals surface area contributed by atoms with E-state index in [1.807, 2.05) is 0 Å². The summed E-state index contributed by atoms with van der Waals surface area (Å²) in [6.07, 6.45) is 5.03. The maximum atomic E-state index is 5.61. The van der Waals surface area contributed by atoms with Gasteiger partial charge in [-0.3, -0.25) is 0 Å². The number of benzene rings is 1. The Balaban J connectivity index is 1.89. The molecule has 1 aromatic rings. The van der Waals surface area contributed by atoms with Gasteiger partial charge in [0, 0.05) is 24.4 Å². The van der Waals surface area contributed by atoms with Crippen LogP contribution in [0.4, 0.5) is 0 Å². The van der Waals surface area contributed by atoms with Crippen LogP contribution in [0.1, 0.15) is 36.4 Å². The standard InChI is InChI=1S/C16H24N2O/c1-17-11-16(7-3-8-16)15(18-2)13-4-5-14-12(10-13)6-9-19-14/h4-5,10,15,17-18H,3,6-9,11H2,1-2H3. The zero-order valence-corrected chi connectivity index (χ0v) is 12.0. The Bertz CT molecular complexity index is 454. The van der Waals surface area contributed by atoms with Gasteiger partial charge in [-0.15, -0.1) is 0 Å².